The fourth-order valence-corrected chi connectivity index (χ4v) is 2.90. The monoisotopic (exact) mass is 335 g/mol. The summed E-state index contributed by atoms with van der Waals surface area (Å²) >= 11 is 5.99. The summed E-state index contributed by atoms with van der Waals surface area (Å²) in [5.41, 5.74) is 1.95. The SMILES string of the molecule is C[C@@H]1C(Nc2cc(Cl)ccn2)c2cc(C(O)O)ccc2N[C@H]1O. The van der Waals surface area contributed by atoms with Crippen molar-refractivity contribution in [3.8, 4) is 0 Å². The van der Waals surface area contributed by atoms with Gasteiger partial charge in [-0.25, -0.2) is 4.98 Å². The average molecular weight is 336 g/mol. The molecule has 0 saturated carbocycles. The van der Waals surface area contributed by atoms with E-state index in [1.165, 1.54) is 0 Å². The highest BCUT2D eigenvalue weighted by Gasteiger charge is 2.33. The Labute approximate surface area is 138 Å². The van der Waals surface area contributed by atoms with Gasteiger partial charge >= 0.3 is 0 Å². The molecule has 122 valence electrons. The van der Waals surface area contributed by atoms with Crippen molar-refractivity contribution < 1.29 is 15.3 Å². The third-order valence-corrected chi connectivity index (χ3v) is 4.30. The Morgan fingerprint density at radius 3 is 2.74 bits per heavy atom. The van der Waals surface area contributed by atoms with E-state index in [4.69, 9.17) is 11.6 Å². The fraction of sp³-hybridized carbons (Fsp3) is 0.312. The highest BCUT2D eigenvalue weighted by Crippen LogP contribution is 2.39. The van der Waals surface area contributed by atoms with Crippen LogP contribution in [0.15, 0.2) is 36.5 Å². The highest BCUT2D eigenvalue weighted by molar-refractivity contribution is 6.30. The predicted molar refractivity (Wildman–Crippen MR) is 88.0 cm³/mol. The average Bonchev–Trinajstić information content (AvgIpc) is 2.51. The third kappa shape index (κ3) is 3.25. The summed E-state index contributed by atoms with van der Waals surface area (Å²) in [4.78, 5) is 4.23. The maximum Gasteiger partial charge on any atom is 0.178 e. The first-order valence-corrected chi connectivity index (χ1v) is 7.66. The number of halogens is 1. The lowest BCUT2D eigenvalue weighted by molar-refractivity contribution is -0.0425. The second kappa shape index (κ2) is 6.33. The van der Waals surface area contributed by atoms with Gasteiger partial charge in [0, 0.05) is 28.4 Å². The van der Waals surface area contributed by atoms with Crippen LogP contribution < -0.4 is 10.6 Å². The quantitative estimate of drug-likeness (QED) is 0.552. The molecular weight excluding hydrogens is 318 g/mol. The van der Waals surface area contributed by atoms with Gasteiger partial charge in [0.05, 0.1) is 6.04 Å². The summed E-state index contributed by atoms with van der Waals surface area (Å²) in [7, 11) is 0. The van der Waals surface area contributed by atoms with Crippen molar-refractivity contribution in [1.29, 1.82) is 0 Å². The van der Waals surface area contributed by atoms with Crippen LogP contribution in [0.3, 0.4) is 0 Å². The Kier molecular flexibility index (Phi) is 4.41. The number of rotatable bonds is 3. The van der Waals surface area contributed by atoms with Crippen LogP contribution in [0.2, 0.25) is 5.02 Å². The summed E-state index contributed by atoms with van der Waals surface area (Å²) in [6, 6.07) is 8.16. The Hall–Kier alpha value is -1.86. The van der Waals surface area contributed by atoms with Crippen molar-refractivity contribution in [1.82, 2.24) is 4.98 Å². The van der Waals surface area contributed by atoms with Crippen molar-refractivity contribution >= 4 is 23.1 Å². The molecule has 1 aliphatic rings. The number of anilines is 2. The predicted octanol–water partition coefficient (Wildman–Crippen LogP) is 2.25. The second-order valence-electron chi connectivity index (χ2n) is 5.65. The van der Waals surface area contributed by atoms with Gasteiger partial charge in [0.1, 0.15) is 12.0 Å². The van der Waals surface area contributed by atoms with Crippen LogP contribution in [0.25, 0.3) is 0 Å². The molecule has 3 atom stereocenters. The summed E-state index contributed by atoms with van der Waals surface area (Å²) in [5, 5.41) is 35.8. The topological polar surface area (TPSA) is 97.6 Å². The summed E-state index contributed by atoms with van der Waals surface area (Å²) in [6.07, 6.45) is -0.682. The minimum absolute atomic E-state index is 0.172. The van der Waals surface area contributed by atoms with Gasteiger partial charge in [0.25, 0.3) is 0 Å². The van der Waals surface area contributed by atoms with Crippen LogP contribution in [0, 0.1) is 5.92 Å². The van der Waals surface area contributed by atoms with Gasteiger partial charge in [-0.1, -0.05) is 24.6 Å². The maximum atomic E-state index is 10.2. The molecule has 0 spiro atoms. The number of aliphatic hydroxyl groups excluding tert-OH is 2. The number of nitrogens with zero attached hydrogens (tertiary/aromatic N) is 1. The summed E-state index contributed by atoms with van der Waals surface area (Å²) in [6.45, 7) is 1.89. The van der Waals surface area contributed by atoms with E-state index >= 15 is 0 Å². The first-order chi connectivity index (χ1) is 11.0. The van der Waals surface area contributed by atoms with Gasteiger partial charge in [0.15, 0.2) is 6.29 Å². The maximum absolute atomic E-state index is 10.2. The van der Waals surface area contributed by atoms with Gasteiger partial charge in [-0.2, -0.15) is 0 Å². The van der Waals surface area contributed by atoms with E-state index in [1.807, 2.05) is 6.92 Å². The van der Waals surface area contributed by atoms with Crippen LogP contribution in [0.1, 0.15) is 30.4 Å². The second-order valence-corrected chi connectivity index (χ2v) is 6.09. The highest BCUT2D eigenvalue weighted by atomic mass is 35.5. The van der Waals surface area contributed by atoms with Crippen LogP contribution in [-0.2, 0) is 0 Å². The molecule has 1 aromatic carbocycles. The Morgan fingerprint density at radius 2 is 2.04 bits per heavy atom. The molecule has 1 unspecified atom stereocenters. The van der Waals surface area contributed by atoms with Crippen molar-refractivity contribution in [3.63, 3.8) is 0 Å². The Morgan fingerprint density at radius 1 is 1.26 bits per heavy atom. The van der Waals surface area contributed by atoms with E-state index < -0.39 is 12.5 Å². The zero-order valence-corrected chi connectivity index (χ0v) is 13.2. The first kappa shape index (κ1) is 16.0. The first-order valence-electron chi connectivity index (χ1n) is 7.28. The van der Waals surface area contributed by atoms with Crippen LogP contribution in [0.4, 0.5) is 11.5 Å². The number of hydrogen-bond acceptors (Lipinski definition) is 6. The van der Waals surface area contributed by atoms with Crippen LogP contribution >= 0.6 is 11.6 Å². The molecule has 5 N–H and O–H groups in total. The lowest BCUT2D eigenvalue weighted by Gasteiger charge is -2.37. The van der Waals surface area contributed by atoms with Crippen molar-refractivity contribution in [2.45, 2.75) is 25.5 Å². The van der Waals surface area contributed by atoms with Crippen molar-refractivity contribution in [2.24, 2.45) is 5.92 Å². The molecule has 0 amide bonds. The molecule has 2 aromatic rings. The van der Waals surface area contributed by atoms with E-state index in [9.17, 15) is 15.3 Å². The Balaban J connectivity index is 1.99. The molecule has 1 aliphatic heterocycles. The zero-order chi connectivity index (χ0) is 16.6. The van der Waals surface area contributed by atoms with Crippen LogP contribution in [-0.4, -0.2) is 26.5 Å². The fourth-order valence-electron chi connectivity index (χ4n) is 2.74. The number of aromatic nitrogens is 1. The number of benzene rings is 1. The molecule has 7 heteroatoms. The Bertz CT molecular complexity index is 711. The van der Waals surface area contributed by atoms with Crippen molar-refractivity contribution in [3.05, 3.63) is 52.7 Å². The number of fused-ring (bicyclic) bond motifs is 1. The van der Waals surface area contributed by atoms with Gasteiger partial charge in [-0.05, 0) is 29.8 Å². The molecule has 0 fully saturated rings. The van der Waals surface area contributed by atoms with E-state index in [0.29, 0.717) is 16.4 Å². The minimum Gasteiger partial charge on any atom is -0.373 e. The lowest BCUT2D eigenvalue weighted by atomic mass is 9.87. The summed E-state index contributed by atoms with van der Waals surface area (Å²) < 4.78 is 0. The minimum atomic E-state index is -1.55. The largest absolute Gasteiger partial charge is 0.373 e. The molecule has 0 radical (unpaired) electrons. The third-order valence-electron chi connectivity index (χ3n) is 4.06. The normalized spacial score (nSPS) is 23.3. The van der Waals surface area contributed by atoms with Crippen molar-refractivity contribution in [2.75, 3.05) is 10.6 Å². The van der Waals surface area contributed by atoms with Gasteiger partial charge in [-0.15, -0.1) is 0 Å². The number of hydrogen-bond donors (Lipinski definition) is 5. The molecule has 0 aliphatic carbocycles. The lowest BCUT2D eigenvalue weighted by Crippen LogP contribution is -2.39. The molecule has 0 bridgehead atoms. The smallest absolute Gasteiger partial charge is 0.178 e. The van der Waals surface area contributed by atoms with Gasteiger partial charge in [-0.3, -0.25) is 0 Å². The molecule has 6 nitrogen and oxygen atoms in total. The molecule has 1 aromatic heterocycles. The molecular formula is C16H18ClN3O3. The summed E-state index contributed by atoms with van der Waals surface area (Å²) in [5.74, 6) is 0.415. The van der Waals surface area contributed by atoms with Gasteiger partial charge < -0.3 is 26.0 Å². The molecule has 0 saturated heterocycles. The van der Waals surface area contributed by atoms with Crippen LogP contribution in [0.5, 0.6) is 0 Å². The number of nitrogens with one attached hydrogen (secondary N) is 2. The molecule has 3 rings (SSSR count). The van der Waals surface area contributed by atoms with E-state index in [1.54, 1.807) is 36.5 Å². The van der Waals surface area contributed by atoms with Gasteiger partial charge in [0.2, 0.25) is 0 Å². The number of pyridine rings is 1. The standard InChI is InChI=1S/C16H18ClN3O3/c1-8-14(20-13-7-10(17)4-5-18-13)11-6-9(16(22)23)2-3-12(11)19-15(8)21/h2-8,14-16,19,21-23H,1H3,(H,18,20)/t8-,14?,15+/m1/s1. The van der Waals surface area contributed by atoms with E-state index in [2.05, 4.69) is 15.6 Å². The molecule has 2 heterocycles. The number of aliphatic hydroxyl groups is 3. The molecule has 23 heavy (non-hydrogen) atoms. The van der Waals surface area contributed by atoms with E-state index in [-0.39, 0.29) is 12.0 Å². The zero-order valence-electron chi connectivity index (χ0n) is 12.4. The van der Waals surface area contributed by atoms with E-state index in [0.717, 1.165) is 11.3 Å².